The molecule has 0 bridgehead atoms. The van der Waals surface area contributed by atoms with Crippen molar-refractivity contribution in [2.24, 2.45) is 5.41 Å². The highest BCUT2D eigenvalue weighted by molar-refractivity contribution is 8.13. The highest BCUT2D eigenvalue weighted by Gasteiger charge is 2.39. The summed E-state index contributed by atoms with van der Waals surface area (Å²) in [4.78, 5) is 71.5. The van der Waals surface area contributed by atoms with E-state index in [0.29, 0.717) is 12.3 Å². The van der Waals surface area contributed by atoms with E-state index >= 15 is 0 Å². The van der Waals surface area contributed by atoms with E-state index in [4.69, 9.17) is 9.47 Å². The van der Waals surface area contributed by atoms with Crippen LogP contribution in [0.1, 0.15) is 33.1 Å². The molecule has 0 aromatic heterocycles. The minimum atomic E-state index is -1.36. The number of ether oxygens (including phenoxy) is 3. The summed E-state index contributed by atoms with van der Waals surface area (Å²) in [6, 6.07) is 0. The SMILES string of the molecule is COC(=O)/C=C/C(=O)OCC(C)(C)[C@H]1OC(=O)CCC(=O)SCCNC(=O)CCNC1=O. The highest BCUT2D eigenvalue weighted by Crippen LogP contribution is 2.25. The third-order valence-electron chi connectivity index (χ3n) is 4.21. The minimum absolute atomic E-state index is 0.00123. The second-order valence-corrected chi connectivity index (χ2v) is 8.59. The third-order valence-corrected chi connectivity index (χ3v) is 5.15. The Morgan fingerprint density at radius 3 is 2.44 bits per heavy atom. The van der Waals surface area contributed by atoms with Gasteiger partial charge in [0, 0.05) is 49.3 Å². The number of carbonyl (C=O) groups is 6. The number of nitrogens with one attached hydrogen (secondary N) is 2. The summed E-state index contributed by atoms with van der Waals surface area (Å²) in [5.41, 5.74) is -1.16. The quantitative estimate of drug-likeness (QED) is 0.314. The molecule has 0 aliphatic carbocycles. The van der Waals surface area contributed by atoms with E-state index in [2.05, 4.69) is 15.4 Å². The number of hydrogen-bond acceptors (Lipinski definition) is 10. The average molecular weight is 473 g/mol. The molecule has 1 aliphatic heterocycles. The van der Waals surface area contributed by atoms with Gasteiger partial charge in [0.1, 0.15) is 6.61 Å². The van der Waals surface area contributed by atoms with Gasteiger partial charge in [-0.3, -0.25) is 19.2 Å². The highest BCUT2D eigenvalue weighted by atomic mass is 32.2. The van der Waals surface area contributed by atoms with Crippen molar-refractivity contribution in [2.75, 3.05) is 32.6 Å². The lowest BCUT2D eigenvalue weighted by atomic mass is 9.86. The van der Waals surface area contributed by atoms with Gasteiger partial charge < -0.3 is 24.8 Å². The Morgan fingerprint density at radius 2 is 1.75 bits per heavy atom. The minimum Gasteiger partial charge on any atom is -0.466 e. The largest absolute Gasteiger partial charge is 0.466 e. The van der Waals surface area contributed by atoms with Crippen molar-refractivity contribution in [3.05, 3.63) is 12.2 Å². The van der Waals surface area contributed by atoms with E-state index in [9.17, 15) is 28.8 Å². The van der Waals surface area contributed by atoms with Gasteiger partial charge in [-0.25, -0.2) is 9.59 Å². The summed E-state index contributed by atoms with van der Waals surface area (Å²) >= 11 is 0.998. The molecule has 0 aromatic rings. The maximum Gasteiger partial charge on any atom is 0.331 e. The molecule has 11 nitrogen and oxygen atoms in total. The lowest BCUT2D eigenvalue weighted by Crippen LogP contribution is -2.49. The first-order valence-corrected chi connectivity index (χ1v) is 10.9. The number of amides is 2. The van der Waals surface area contributed by atoms with Crippen LogP contribution >= 0.6 is 11.8 Å². The van der Waals surface area contributed by atoms with Crippen LogP contribution in [0.3, 0.4) is 0 Å². The van der Waals surface area contributed by atoms with Crippen molar-refractivity contribution < 1.29 is 43.0 Å². The molecule has 1 saturated heterocycles. The number of carbonyl (C=O) groups excluding carboxylic acids is 6. The first-order valence-electron chi connectivity index (χ1n) is 9.87. The van der Waals surface area contributed by atoms with Gasteiger partial charge >= 0.3 is 17.9 Å². The van der Waals surface area contributed by atoms with Gasteiger partial charge in [0.2, 0.25) is 5.91 Å². The van der Waals surface area contributed by atoms with Crippen molar-refractivity contribution in [1.29, 1.82) is 0 Å². The standard InChI is InChI=1S/C20H28N2O9S/c1-20(2,12-30-15(25)5-4-14(24)29-3)18-19(28)22-9-8-13(23)21-10-11-32-17(27)7-6-16(26)31-18/h4-5,18H,6-12H2,1-3H3,(H,21,23)(H,22,28)/b5-4+/t18-/m0/s1. The summed E-state index contributed by atoms with van der Waals surface area (Å²) in [5.74, 6) is -2.95. The molecule has 2 N–H and O–H groups in total. The van der Waals surface area contributed by atoms with Crippen molar-refractivity contribution in [3.63, 3.8) is 0 Å². The monoisotopic (exact) mass is 472 g/mol. The number of hydrogen-bond donors (Lipinski definition) is 2. The lowest BCUT2D eigenvalue weighted by Gasteiger charge is -2.32. The summed E-state index contributed by atoms with van der Waals surface area (Å²) in [6.45, 7) is 3.06. The molecule has 1 fully saturated rings. The lowest BCUT2D eigenvalue weighted by molar-refractivity contribution is -0.168. The fourth-order valence-corrected chi connectivity index (χ4v) is 3.13. The van der Waals surface area contributed by atoms with Crippen molar-refractivity contribution in [1.82, 2.24) is 10.6 Å². The molecule has 1 heterocycles. The summed E-state index contributed by atoms with van der Waals surface area (Å²) in [6.07, 6.45) is 0.0830. The van der Waals surface area contributed by atoms with E-state index in [1.165, 1.54) is 0 Å². The molecule has 1 atom stereocenters. The second-order valence-electron chi connectivity index (χ2n) is 7.43. The Kier molecular flexibility index (Phi) is 11.5. The molecule has 2 amide bonds. The molecular weight excluding hydrogens is 444 g/mol. The average Bonchev–Trinajstić information content (AvgIpc) is 2.75. The topological polar surface area (TPSA) is 154 Å². The van der Waals surface area contributed by atoms with Crippen LogP contribution < -0.4 is 10.6 Å². The van der Waals surface area contributed by atoms with Crippen LogP contribution in [-0.2, 0) is 43.0 Å². The predicted molar refractivity (Wildman–Crippen MR) is 113 cm³/mol. The van der Waals surface area contributed by atoms with E-state index in [0.717, 1.165) is 31.0 Å². The molecule has 1 aliphatic rings. The number of thioether (sulfide) groups is 1. The van der Waals surface area contributed by atoms with Gasteiger partial charge in [0.15, 0.2) is 11.2 Å². The van der Waals surface area contributed by atoms with Crippen molar-refractivity contribution in [2.45, 2.75) is 39.2 Å². The van der Waals surface area contributed by atoms with Crippen molar-refractivity contribution >= 4 is 46.6 Å². The molecule has 32 heavy (non-hydrogen) atoms. The number of cyclic esters (lactones) is 1. The van der Waals surface area contributed by atoms with Gasteiger partial charge in [0.05, 0.1) is 13.5 Å². The van der Waals surface area contributed by atoms with Crippen LogP contribution in [0.2, 0.25) is 0 Å². The van der Waals surface area contributed by atoms with Gasteiger partial charge in [-0.2, -0.15) is 0 Å². The molecule has 178 valence electrons. The Labute approximate surface area is 190 Å². The molecule has 0 aromatic carbocycles. The maximum atomic E-state index is 12.7. The van der Waals surface area contributed by atoms with Gasteiger partial charge in [-0.15, -0.1) is 0 Å². The molecule has 0 saturated carbocycles. The molecule has 1 rings (SSSR count). The molecule has 0 unspecified atom stereocenters. The molecular formula is C20H28N2O9S. The smallest absolute Gasteiger partial charge is 0.331 e. The Balaban J connectivity index is 2.89. The second kappa shape index (κ2) is 13.5. The summed E-state index contributed by atoms with van der Waals surface area (Å²) in [7, 11) is 1.15. The van der Waals surface area contributed by atoms with Gasteiger partial charge in [-0.05, 0) is 0 Å². The zero-order valence-electron chi connectivity index (χ0n) is 18.3. The van der Waals surface area contributed by atoms with E-state index < -0.39 is 35.3 Å². The number of esters is 3. The van der Waals surface area contributed by atoms with Crippen LogP contribution in [0.15, 0.2) is 12.2 Å². The third kappa shape index (κ3) is 10.4. The van der Waals surface area contributed by atoms with Crippen LogP contribution in [0.4, 0.5) is 0 Å². The van der Waals surface area contributed by atoms with Crippen LogP contribution in [0.25, 0.3) is 0 Å². The van der Waals surface area contributed by atoms with Crippen LogP contribution in [-0.4, -0.2) is 73.5 Å². The zero-order chi connectivity index (χ0) is 24.1. The fourth-order valence-electron chi connectivity index (χ4n) is 2.46. The zero-order valence-corrected chi connectivity index (χ0v) is 19.1. The fraction of sp³-hybridized carbons (Fsp3) is 0.600. The van der Waals surface area contributed by atoms with Gasteiger partial charge in [-0.1, -0.05) is 25.6 Å². The van der Waals surface area contributed by atoms with Gasteiger partial charge in [0.25, 0.3) is 5.91 Å². The summed E-state index contributed by atoms with van der Waals surface area (Å²) in [5, 5.41) is 4.94. The first-order chi connectivity index (χ1) is 15.0. The van der Waals surface area contributed by atoms with E-state index in [-0.39, 0.29) is 43.4 Å². The molecule has 0 spiro atoms. The van der Waals surface area contributed by atoms with Crippen LogP contribution in [0.5, 0.6) is 0 Å². The first kappa shape index (κ1) is 27.1. The maximum absolute atomic E-state index is 12.7. The van der Waals surface area contributed by atoms with Crippen LogP contribution in [0, 0.1) is 5.41 Å². The summed E-state index contributed by atoms with van der Waals surface area (Å²) < 4.78 is 14.8. The van der Waals surface area contributed by atoms with Crippen molar-refractivity contribution in [3.8, 4) is 0 Å². The number of methoxy groups -OCH3 is 1. The Hall–Kier alpha value is -2.89. The normalized spacial score (nSPS) is 19.8. The van der Waals surface area contributed by atoms with E-state index in [1.807, 2.05) is 0 Å². The van der Waals surface area contributed by atoms with E-state index in [1.54, 1.807) is 13.8 Å². The molecule has 0 radical (unpaired) electrons. The Morgan fingerprint density at radius 1 is 1.06 bits per heavy atom. The Bertz CT molecular complexity index is 764. The predicted octanol–water partition coefficient (Wildman–Crippen LogP) is -0.127. The molecule has 12 heteroatoms. The number of rotatable bonds is 5.